The first-order valence-corrected chi connectivity index (χ1v) is 10.5. The number of thioether (sulfide) groups is 1. The maximum atomic E-state index is 12.4. The highest BCUT2D eigenvalue weighted by Gasteiger charge is 2.42. The van der Waals surface area contributed by atoms with Crippen LogP contribution in [0.2, 0.25) is 0 Å². The lowest BCUT2D eigenvalue weighted by molar-refractivity contribution is -0.130. The maximum Gasteiger partial charge on any atom is 0.315 e. The van der Waals surface area contributed by atoms with E-state index in [0.717, 1.165) is 41.9 Å². The number of fused-ring (bicyclic) bond motifs is 2. The Kier molecular flexibility index (Phi) is 5.24. The largest absolute Gasteiger partial charge is 0.340 e. The summed E-state index contributed by atoms with van der Waals surface area (Å²) in [5.74, 6) is 1.93. The second kappa shape index (κ2) is 7.80. The molecule has 3 amide bonds. The van der Waals surface area contributed by atoms with Crippen molar-refractivity contribution in [2.45, 2.75) is 49.6 Å². The van der Waals surface area contributed by atoms with Crippen LogP contribution in [0.5, 0.6) is 0 Å². The molecule has 1 aromatic heterocycles. The number of para-hydroxylation sites is 2. The van der Waals surface area contributed by atoms with Gasteiger partial charge in [0.2, 0.25) is 5.91 Å². The molecule has 2 aromatic rings. The Morgan fingerprint density at radius 2 is 2.15 bits per heavy atom. The Morgan fingerprint density at radius 1 is 1.30 bits per heavy atom. The Hall–Kier alpha value is -2.22. The lowest BCUT2D eigenvalue weighted by Gasteiger charge is -2.18. The van der Waals surface area contributed by atoms with Crippen molar-refractivity contribution in [3.05, 3.63) is 30.1 Å². The van der Waals surface area contributed by atoms with E-state index in [1.54, 1.807) is 4.90 Å². The van der Waals surface area contributed by atoms with Gasteiger partial charge < -0.3 is 20.5 Å². The highest BCUT2D eigenvalue weighted by atomic mass is 32.2. The monoisotopic (exact) mass is 387 g/mol. The number of nitrogens with zero attached hydrogens (tertiary/aromatic N) is 2. The molecule has 7 nitrogen and oxygen atoms in total. The third-order valence-corrected chi connectivity index (χ3v) is 6.83. The number of aromatic amines is 1. The van der Waals surface area contributed by atoms with E-state index in [0.29, 0.717) is 18.2 Å². The minimum absolute atomic E-state index is 0.0438. The highest BCUT2D eigenvalue weighted by molar-refractivity contribution is 8.00. The number of amides is 3. The summed E-state index contributed by atoms with van der Waals surface area (Å²) in [6.07, 6.45) is 3.46. The number of unbranched alkanes of at least 4 members (excludes halogenated alkanes) is 1. The Bertz CT molecular complexity index is 805. The molecule has 144 valence electrons. The number of hydrogen-bond acceptors (Lipinski definition) is 4. The van der Waals surface area contributed by atoms with E-state index in [2.05, 4.69) is 20.6 Å². The summed E-state index contributed by atoms with van der Waals surface area (Å²) in [5.41, 5.74) is 1.92. The number of benzene rings is 1. The summed E-state index contributed by atoms with van der Waals surface area (Å²) in [4.78, 5) is 33.3. The van der Waals surface area contributed by atoms with E-state index in [9.17, 15) is 9.59 Å². The van der Waals surface area contributed by atoms with Crippen LogP contribution < -0.4 is 10.6 Å². The van der Waals surface area contributed by atoms with Crippen LogP contribution in [0, 0.1) is 0 Å². The molecule has 2 fully saturated rings. The number of urea groups is 1. The SMILES string of the molecule is CN(Cc1nc2ccccc2[nH]1)C(=O)CCCC[C@@H]1SC[C@@H]2NC(=O)N[C@@H]21. The van der Waals surface area contributed by atoms with Crippen molar-refractivity contribution in [3.63, 3.8) is 0 Å². The molecule has 3 atom stereocenters. The molecule has 0 spiro atoms. The summed E-state index contributed by atoms with van der Waals surface area (Å²) in [5, 5.41) is 6.43. The van der Waals surface area contributed by atoms with E-state index < -0.39 is 0 Å². The molecule has 0 bridgehead atoms. The summed E-state index contributed by atoms with van der Waals surface area (Å²) in [6, 6.07) is 8.35. The minimum atomic E-state index is -0.0438. The predicted molar refractivity (Wildman–Crippen MR) is 107 cm³/mol. The van der Waals surface area contributed by atoms with Gasteiger partial charge in [-0.1, -0.05) is 18.6 Å². The second-order valence-corrected chi connectivity index (χ2v) is 8.59. The molecule has 2 saturated heterocycles. The molecule has 3 N–H and O–H groups in total. The van der Waals surface area contributed by atoms with Crippen molar-refractivity contribution < 1.29 is 9.59 Å². The van der Waals surface area contributed by atoms with Crippen LogP contribution in [-0.4, -0.2) is 56.9 Å². The van der Waals surface area contributed by atoms with E-state index in [-0.39, 0.29) is 24.0 Å². The zero-order chi connectivity index (χ0) is 18.8. The third kappa shape index (κ3) is 4.05. The molecule has 1 aromatic carbocycles. The number of nitrogens with one attached hydrogen (secondary N) is 3. The van der Waals surface area contributed by atoms with E-state index in [1.807, 2.05) is 43.1 Å². The fourth-order valence-electron chi connectivity index (χ4n) is 3.85. The second-order valence-electron chi connectivity index (χ2n) is 7.32. The summed E-state index contributed by atoms with van der Waals surface area (Å²) < 4.78 is 0. The zero-order valence-corrected chi connectivity index (χ0v) is 16.2. The molecule has 0 aliphatic carbocycles. The highest BCUT2D eigenvalue weighted by Crippen LogP contribution is 2.33. The van der Waals surface area contributed by atoms with Crippen molar-refractivity contribution >= 4 is 34.7 Å². The first kappa shape index (κ1) is 18.2. The van der Waals surface area contributed by atoms with E-state index in [4.69, 9.17) is 0 Å². The number of rotatable bonds is 7. The number of imidazole rings is 1. The van der Waals surface area contributed by atoms with Crippen LogP contribution in [0.4, 0.5) is 4.79 Å². The quantitative estimate of drug-likeness (QED) is 0.502. The van der Waals surface area contributed by atoms with Gasteiger partial charge >= 0.3 is 6.03 Å². The van der Waals surface area contributed by atoms with E-state index >= 15 is 0 Å². The van der Waals surface area contributed by atoms with Crippen LogP contribution in [0.25, 0.3) is 11.0 Å². The lowest BCUT2D eigenvalue weighted by Crippen LogP contribution is -2.36. The molecule has 0 saturated carbocycles. The Labute approximate surface area is 162 Å². The molecule has 27 heavy (non-hydrogen) atoms. The van der Waals surface area contributed by atoms with Gasteiger partial charge in [-0.2, -0.15) is 11.8 Å². The number of carbonyl (C=O) groups is 2. The fourth-order valence-corrected chi connectivity index (χ4v) is 5.39. The first-order valence-electron chi connectivity index (χ1n) is 9.46. The molecule has 0 radical (unpaired) electrons. The predicted octanol–water partition coefficient (Wildman–Crippen LogP) is 2.25. The van der Waals surface area contributed by atoms with E-state index in [1.165, 1.54) is 0 Å². The average Bonchev–Trinajstić information content (AvgIpc) is 3.32. The topological polar surface area (TPSA) is 90.1 Å². The van der Waals surface area contributed by atoms with Gasteiger partial charge in [-0.3, -0.25) is 4.79 Å². The summed E-state index contributed by atoms with van der Waals surface area (Å²) >= 11 is 1.92. The lowest BCUT2D eigenvalue weighted by atomic mass is 10.0. The normalized spacial score (nSPS) is 23.9. The average molecular weight is 388 g/mol. The molecule has 2 aliphatic heterocycles. The van der Waals surface area contributed by atoms with Gasteiger partial charge in [-0.25, -0.2) is 9.78 Å². The molecule has 2 aliphatic rings. The van der Waals surface area contributed by atoms with Gasteiger partial charge in [0.1, 0.15) is 5.82 Å². The minimum Gasteiger partial charge on any atom is -0.340 e. The van der Waals surface area contributed by atoms with Gasteiger partial charge in [0.15, 0.2) is 0 Å². The van der Waals surface area contributed by atoms with Crippen molar-refractivity contribution in [2.24, 2.45) is 0 Å². The van der Waals surface area contributed by atoms with Gasteiger partial charge in [-0.15, -0.1) is 0 Å². The molecular weight excluding hydrogens is 362 g/mol. The maximum absolute atomic E-state index is 12.4. The number of H-pyrrole nitrogens is 1. The molecule has 0 unspecified atom stereocenters. The molecule has 4 rings (SSSR count). The van der Waals surface area contributed by atoms with Crippen LogP contribution in [0.3, 0.4) is 0 Å². The Morgan fingerprint density at radius 3 is 3.00 bits per heavy atom. The summed E-state index contributed by atoms with van der Waals surface area (Å²) in [7, 11) is 1.83. The van der Waals surface area contributed by atoms with Gasteiger partial charge in [0, 0.05) is 24.5 Å². The number of hydrogen-bond donors (Lipinski definition) is 3. The van der Waals surface area contributed by atoms with Crippen molar-refractivity contribution in [1.82, 2.24) is 25.5 Å². The zero-order valence-electron chi connectivity index (χ0n) is 15.4. The van der Waals surface area contributed by atoms with Crippen molar-refractivity contribution in [2.75, 3.05) is 12.8 Å². The third-order valence-electron chi connectivity index (χ3n) is 5.32. The Balaban J connectivity index is 1.19. The number of carbonyl (C=O) groups excluding carboxylic acids is 2. The summed E-state index contributed by atoms with van der Waals surface area (Å²) in [6.45, 7) is 0.493. The van der Waals surface area contributed by atoms with Gasteiger partial charge in [0.25, 0.3) is 0 Å². The fraction of sp³-hybridized carbons (Fsp3) is 0.526. The standard InChI is InChI=1S/C19H25N5O2S/c1-24(10-16-20-12-6-2-3-7-13(12)21-16)17(25)9-5-4-8-15-18-14(11-27-15)22-19(26)23-18/h2-3,6-7,14-15,18H,4-5,8-11H2,1H3,(H,20,21)(H2,22,23,26)/t14-,15-,18-/m0/s1. The number of aromatic nitrogens is 2. The molecular formula is C19H25N5O2S. The van der Waals surface area contributed by atoms with Crippen LogP contribution >= 0.6 is 11.8 Å². The van der Waals surface area contributed by atoms with Crippen LogP contribution in [-0.2, 0) is 11.3 Å². The van der Waals surface area contributed by atoms with Crippen molar-refractivity contribution in [1.29, 1.82) is 0 Å². The van der Waals surface area contributed by atoms with Crippen LogP contribution in [0.15, 0.2) is 24.3 Å². The van der Waals surface area contributed by atoms with Crippen molar-refractivity contribution in [3.8, 4) is 0 Å². The van der Waals surface area contributed by atoms with Gasteiger partial charge in [0.05, 0.1) is 29.7 Å². The van der Waals surface area contributed by atoms with Crippen LogP contribution in [0.1, 0.15) is 31.5 Å². The molecule has 3 heterocycles. The smallest absolute Gasteiger partial charge is 0.315 e. The van der Waals surface area contributed by atoms with Gasteiger partial charge in [-0.05, 0) is 25.0 Å². The molecule has 8 heteroatoms. The first-order chi connectivity index (χ1) is 13.1.